The minimum Gasteiger partial charge on any atom is -0.309 e. The van der Waals surface area contributed by atoms with Crippen LogP contribution in [0.1, 0.15) is 24.3 Å². The highest BCUT2D eigenvalue weighted by Crippen LogP contribution is 2.20. The molecule has 3 rings (SSSR count). The van der Waals surface area contributed by atoms with Crippen LogP contribution in [0.2, 0.25) is 0 Å². The number of carbonyl (C=O) groups excluding carboxylic acids is 1. The number of hydrogen-bond acceptors (Lipinski definition) is 4. The van der Waals surface area contributed by atoms with Crippen LogP contribution in [0.5, 0.6) is 0 Å². The molecule has 7 heteroatoms. The fourth-order valence-electron chi connectivity index (χ4n) is 2.73. The first-order valence-electron chi connectivity index (χ1n) is 8.21. The summed E-state index contributed by atoms with van der Waals surface area (Å²) in [4.78, 5) is 19.2. The van der Waals surface area contributed by atoms with Gasteiger partial charge < -0.3 is 9.47 Å². The molecule has 0 bridgehead atoms. The molecule has 24 heavy (non-hydrogen) atoms. The number of hydrogen-bond donors (Lipinski definition) is 2. The second-order valence-corrected chi connectivity index (χ2v) is 5.53. The molecule has 0 aliphatic carbocycles. The van der Waals surface area contributed by atoms with Crippen molar-refractivity contribution < 1.29 is 4.79 Å². The monoisotopic (exact) mass is 326 g/mol. The summed E-state index contributed by atoms with van der Waals surface area (Å²) in [6.07, 6.45) is 1.55. The SMILES string of the molecule is CCN(CC)CCn1c(NC(=O)c2ccn[nH]2)nc2ccccc21. The molecule has 0 unspecified atom stereocenters. The van der Waals surface area contributed by atoms with Gasteiger partial charge in [-0.1, -0.05) is 26.0 Å². The van der Waals surface area contributed by atoms with Crippen LogP contribution < -0.4 is 5.32 Å². The van der Waals surface area contributed by atoms with E-state index >= 15 is 0 Å². The summed E-state index contributed by atoms with van der Waals surface area (Å²) in [6.45, 7) is 7.96. The summed E-state index contributed by atoms with van der Waals surface area (Å²) in [5.41, 5.74) is 2.30. The van der Waals surface area contributed by atoms with Gasteiger partial charge in [0.1, 0.15) is 5.69 Å². The number of imidazole rings is 1. The molecule has 1 amide bonds. The maximum atomic E-state index is 12.3. The Morgan fingerprint density at radius 1 is 1.25 bits per heavy atom. The first kappa shape index (κ1) is 16.2. The number of H-pyrrole nitrogens is 1. The number of likely N-dealkylation sites (N-methyl/N-ethyl adjacent to an activating group) is 1. The number of benzene rings is 1. The molecule has 1 aromatic carbocycles. The Labute approximate surface area is 140 Å². The molecule has 2 aromatic heterocycles. The fraction of sp³-hybridized carbons (Fsp3) is 0.353. The number of anilines is 1. The second kappa shape index (κ2) is 7.27. The molecule has 0 aliphatic heterocycles. The minimum atomic E-state index is -0.244. The van der Waals surface area contributed by atoms with Gasteiger partial charge in [-0.25, -0.2) is 4.98 Å². The number of rotatable bonds is 7. The Kier molecular flexibility index (Phi) is 4.90. The van der Waals surface area contributed by atoms with Crippen LogP contribution in [0.3, 0.4) is 0 Å². The average Bonchev–Trinajstić information content (AvgIpc) is 3.24. The van der Waals surface area contributed by atoms with Crippen molar-refractivity contribution >= 4 is 22.9 Å². The van der Waals surface area contributed by atoms with Crippen molar-refractivity contribution in [1.82, 2.24) is 24.6 Å². The molecule has 0 atom stereocenters. The van der Waals surface area contributed by atoms with E-state index in [1.165, 1.54) is 0 Å². The molecule has 0 radical (unpaired) electrons. The molecule has 0 saturated heterocycles. The van der Waals surface area contributed by atoms with Crippen LogP contribution in [0.15, 0.2) is 36.5 Å². The molecular formula is C17H22N6O. The third kappa shape index (κ3) is 3.30. The Morgan fingerprint density at radius 2 is 2.04 bits per heavy atom. The maximum Gasteiger partial charge on any atom is 0.275 e. The van der Waals surface area contributed by atoms with Gasteiger partial charge in [-0.05, 0) is 31.3 Å². The normalized spacial score (nSPS) is 11.3. The number of nitrogens with zero attached hydrogens (tertiary/aromatic N) is 4. The Hall–Kier alpha value is -2.67. The fourth-order valence-corrected chi connectivity index (χ4v) is 2.73. The first-order valence-corrected chi connectivity index (χ1v) is 8.21. The number of fused-ring (bicyclic) bond motifs is 1. The third-order valence-electron chi connectivity index (χ3n) is 4.16. The van der Waals surface area contributed by atoms with E-state index in [1.807, 2.05) is 24.3 Å². The largest absolute Gasteiger partial charge is 0.309 e. The van der Waals surface area contributed by atoms with Crippen molar-refractivity contribution in [2.45, 2.75) is 20.4 Å². The molecule has 2 heterocycles. The Morgan fingerprint density at radius 3 is 2.75 bits per heavy atom. The van der Waals surface area contributed by atoms with E-state index in [2.05, 4.69) is 43.8 Å². The summed E-state index contributed by atoms with van der Waals surface area (Å²) in [5, 5.41) is 9.37. The van der Waals surface area contributed by atoms with Crippen LogP contribution >= 0.6 is 0 Å². The molecule has 0 spiro atoms. The number of aromatic amines is 1. The Balaban J connectivity index is 1.88. The Bertz CT molecular complexity index is 804. The summed E-state index contributed by atoms with van der Waals surface area (Å²) in [7, 11) is 0. The van der Waals surface area contributed by atoms with Crippen LogP contribution in [0.4, 0.5) is 5.95 Å². The van der Waals surface area contributed by atoms with Crippen LogP contribution in [-0.2, 0) is 6.54 Å². The highest BCUT2D eigenvalue weighted by Gasteiger charge is 2.15. The van der Waals surface area contributed by atoms with E-state index in [1.54, 1.807) is 12.3 Å². The van der Waals surface area contributed by atoms with Gasteiger partial charge in [0.2, 0.25) is 5.95 Å². The van der Waals surface area contributed by atoms with Crippen LogP contribution in [0, 0.1) is 0 Å². The van der Waals surface area contributed by atoms with E-state index in [0.29, 0.717) is 11.6 Å². The molecule has 126 valence electrons. The number of nitrogens with one attached hydrogen (secondary N) is 2. The van der Waals surface area contributed by atoms with Gasteiger partial charge in [0.05, 0.1) is 11.0 Å². The van der Waals surface area contributed by atoms with Crippen LogP contribution in [0.25, 0.3) is 11.0 Å². The number of aromatic nitrogens is 4. The summed E-state index contributed by atoms with van der Waals surface area (Å²) in [5.74, 6) is 0.315. The summed E-state index contributed by atoms with van der Waals surface area (Å²) in [6, 6.07) is 9.55. The minimum absolute atomic E-state index is 0.244. The maximum absolute atomic E-state index is 12.3. The molecular weight excluding hydrogens is 304 g/mol. The lowest BCUT2D eigenvalue weighted by atomic mass is 10.3. The number of para-hydroxylation sites is 2. The molecule has 3 aromatic rings. The van der Waals surface area contributed by atoms with E-state index in [4.69, 9.17) is 0 Å². The van der Waals surface area contributed by atoms with E-state index in [-0.39, 0.29) is 5.91 Å². The van der Waals surface area contributed by atoms with Crippen molar-refractivity contribution in [1.29, 1.82) is 0 Å². The highest BCUT2D eigenvalue weighted by atomic mass is 16.2. The lowest BCUT2D eigenvalue weighted by Gasteiger charge is -2.19. The third-order valence-corrected chi connectivity index (χ3v) is 4.16. The molecule has 2 N–H and O–H groups in total. The average molecular weight is 326 g/mol. The van der Waals surface area contributed by atoms with Crippen LogP contribution in [-0.4, -0.2) is 50.2 Å². The van der Waals surface area contributed by atoms with Crippen molar-refractivity contribution in [3.63, 3.8) is 0 Å². The zero-order chi connectivity index (χ0) is 16.9. The topological polar surface area (TPSA) is 78.8 Å². The van der Waals surface area contributed by atoms with E-state index in [0.717, 1.165) is 37.2 Å². The van der Waals surface area contributed by atoms with Gasteiger partial charge in [-0.2, -0.15) is 5.10 Å². The quantitative estimate of drug-likeness (QED) is 0.698. The molecule has 0 aliphatic rings. The van der Waals surface area contributed by atoms with E-state index < -0.39 is 0 Å². The van der Waals surface area contributed by atoms with Gasteiger partial charge in [0.25, 0.3) is 5.91 Å². The van der Waals surface area contributed by atoms with Gasteiger partial charge in [-0.15, -0.1) is 0 Å². The smallest absolute Gasteiger partial charge is 0.275 e. The standard InChI is InChI=1S/C17H22N6O/c1-3-22(4-2)11-12-23-15-8-6-5-7-13(15)19-17(23)20-16(24)14-9-10-18-21-14/h5-10H,3-4,11-12H2,1-2H3,(H,18,21)(H,19,20,24). The zero-order valence-corrected chi connectivity index (χ0v) is 14.0. The highest BCUT2D eigenvalue weighted by molar-refractivity contribution is 6.02. The van der Waals surface area contributed by atoms with Crippen molar-refractivity contribution in [3.8, 4) is 0 Å². The van der Waals surface area contributed by atoms with Crippen molar-refractivity contribution in [2.75, 3.05) is 25.0 Å². The molecule has 0 fully saturated rings. The lowest BCUT2D eigenvalue weighted by Crippen LogP contribution is -2.27. The number of carbonyl (C=O) groups is 1. The van der Waals surface area contributed by atoms with Gasteiger partial charge in [-0.3, -0.25) is 15.2 Å². The molecule has 7 nitrogen and oxygen atoms in total. The summed E-state index contributed by atoms with van der Waals surface area (Å²) < 4.78 is 2.06. The summed E-state index contributed by atoms with van der Waals surface area (Å²) >= 11 is 0. The van der Waals surface area contributed by atoms with Gasteiger partial charge in [0.15, 0.2) is 0 Å². The number of amides is 1. The second-order valence-electron chi connectivity index (χ2n) is 5.53. The van der Waals surface area contributed by atoms with Gasteiger partial charge in [0, 0.05) is 19.3 Å². The predicted molar refractivity (Wildman–Crippen MR) is 94.1 cm³/mol. The van der Waals surface area contributed by atoms with Crippen molar-refractivity contribution in [3.05, 3.63) is 42.2 Å². The van der Waals surface area contributed by atoms with Crippen molar-refractivity contribution in [2.24, 2.45) is 0 Å². The zero-order valence-electron chi connectivity index (χ0n) is 14.0. The lowest BCUT2D eigenvalue weighted by molar-refractivity contribution is 0.102. The predicted octanol–water partition coefficient (Wildman–Crippen LogP) is 2.35. The van der Waals surface area contributed by atoms with Gasteiger partial charge >= 0.3 is 0 Å². The first-order chi connectivity index (χ1) is 11.7. The molecule has 0 saturated carbocycles. The van der Waals surface area contributed by atoms with E-state index in [9.17, 15) is 4.79 Å².